The Morgan fingerprint density at radius 2 is 2.12 bits per heavy atom. The fraction of sp³-hybridized carbons (Fsp3) is 0. The molecule has 3 rings (SSSR count). The summed E-state index contributed by atoms with van der Waals surface area (Å²) in [4.78, 5) is 7.54. The largest absolute Gasteiger partial charge is 0.691 e. The molecule has 0 unspecified atom stereocenters. The molecule has 0 saturated heterocycles. The predicted molar refractivity (Wildman–Crippen MR) is 56.1 cm³/mol. The van der Waals surface area contributed by atoms with E-state index in [1.165, 1.54) is 0 Å². The Kier molecular flexibility index (Phi) is 1.79. The molecule has 0 aliphatic carbocycles. The van der Waals surface area contributed by atoms with Crippen molar-refractivity contribution in [3.05, 3.63) is 41.9 Å². The average Bonchev–Trinajstić information content (AvgIpc) is 2.83. The van der Waals surface area contributed by atoms with Crippen LogP contribution in [0.25, 0.3) is 22.4 Å². The van der Waals surface area contributed by atoms with Crippen molar-refractivity contribution in [2.75, 3.05) is 0 Å². The molecule has 16 heavy (non-hydrogen) atoms. The first-order chi connectivity index (χ1) is 7.86. The summed E-state index contributed by atoms with van der Waals surface area (Å²) >= 11 is 0. The molecule has 0 radical (unpaired) electrons. The molecule has 3 aromatic rings. The maximum atomic E-state index is 11.4. The van der Waals surface area contributed by atoms with Crippen molar-refractivity contribution in [1.82, 2.24) is 20.3 Å². The van der Waals surface area contributed by atoms with Gasteiger partial charge >= 0.3 is 0 Å². The van der Waals surface area contributed by atoms with Crippen LogP contribution in [0.1, 0.15) is 0 Å². The Bertz CT molecular complexity index is 635. The lowest BCUT2D eigenvalue weighted by Crippen LogP contribution is -2.33. The molecule has 0 bridgehead atoms. The van der Waals surface area contributed by atoms with Crippen LogP contribution in [0, 0.1) is 5.21 Å². The number of hydrogen-bond acceptors (Lipinski definition) is 4. The minimum atomic E-state index is 0.476. The molecule has 0 saturated carbocycles. The van der Waals surface area contributed by atoms with Crippen molar-refractivity contribution in [3.8, 4) is 11.5 Å². The van der Waals surface area contributed by atoms with E-state index in [9.17, 15) is 5.21 Å². The van der Waals surface area contributed by atoms with E-state index < -0.39 is 0 Å². The summed E-state index contributed by atoms with van der Waals surface area (Å²) in [7, 11) is 0. The Balaban J connectivity index is 2.39. The minimum Gasteiger partial charge on any atom is -0.691 e. The summed E-state index contributed by atoms with van der Waals surface area (Å²) in [5.41, 5.74) is 1.05. The van der Waals surface area contributed by atoms with Gasteiger partial charge in [0.1, 0.15) is 5.21 Å². The van der Waals surface area contributed by atoms with Crippen LogP contribution >= 0.6 is 0 Å². The summed E-state index contributed by atoms with van der Waals surface area (Å²) in [6, 6.07) is 7.14. The van der Waals surface area contributed by atoms with Gasteiger partial charge in [-0.25, -0.2) is 4.98 Å². The summed E-state index contributed by atoms with van der Waals surface area (Å²) in [5, 5.41) is 19.5. The van der Waals surface area contributed by atoms with Gasteiger partial charge in [0.05, 0.1) is 10.5 Å². The van der Waals surface area contributed by atoms with Crippen LogP contribution in [0.15, 0.2) is 36.7 Å². The molecule has 0 aliphatic rings. The van der Waals surface area contributed by atoms with E-state index in [0.717, 1.165) is 5.39 Å². The lowest BCUT2D eigenvalue weighted by atomic mass is 10.2. The van der Waals surface area contributed by atoms with Crippen molar-refractivity contribution in [1.29, 1.82) is 0 Å². The van der Waals surface area contributed by atoms with Gasteiger partial charge in [0.25, 0.3) is 5.69 Å². The number of imidazole rings is 1. The van der Waals surface area contributed by atoms with Gasteiger partial charge in [-0.15, -0.1) is 4.85 Å². The highest BCUT2D eigenvalue weighted by molar-refractivity contribution is 5.87. The number of nitrogens with one attached hydrogen (secondary N) is 1. The second-order valence-corrected chi connectivity index (χ2v) is 3.27. The van der Waals surface area contributed by atoms with Crippen molar-refractivity contribution in [2.45, 2.75) is 0 Å². The Morgan fingerprint density at radius 1 is 1.25 bits per heavy atom. The first-order valence-electron chi connectivity index (χ1n) is 4.71. The van der Waals surface area contributed by atoms with Crippen LogP contribution in [0.4, 0.5) is 0 Å². The molecule has 1 N–H and O–H groups in total. The molecule has 6 heteroatoms. The Hall–Kier alpha value is -2.50. The molecule has 2 aromatic heterocycles. The summed E-state index contributed by atoms with van der Waals surface area (Å²) in [5.74, 6) is 0.601. The smallest absolute Gasteiger partial charge is 0.257 e. The normalized spacial score (nSPS) is 10.8. The highest BCUT2D eigenvalue weighted by Gasteiger charge is 2.16. The van der Waals surface area contributed by atoms with E-state index >= 15 is 0 Å². The number of aromatic amines is 1. The van der Waals surface area contributed by atoms with Gasteiger partial charge in [0.15, 0.2) is 11.3 Å². The molecule has 0 fully saturated rings. The first kappa shape index (κ1) is 8.78. The fourth-order valence-corrected chi connectivity index (χ4v) is 1.60. The number of H-pyrrole nitrogens is 1. The zero-order chi connectivity index (χ0) is 11.0. The molecule has 78 valence electrons. The second-order valence-electron chi connectivity index (χ2n) is 3.27. The third-order valence-electron chi connectivity index (χ3n) is 2.31. The number of aromatic nitrogens is 5. The maximum Gasteiger partial charge on any atom is 0.257 e. The van der Waals surface area contributed by atoms with Gasteiger partial charge < -0.3 is 10.2 Å². The summed E-state index contributed by atoms with van der Waals surface area (Å²) in [6.07, 6.45) is 3.33. The molecule has 0 aliphatic heterocycles. The van der Waals surface area contributed by atoms with Crippen LogP contribution in [0.3, 0.4) is 0 Å². The van der Waals surface area contributed by atoms with Crippen molar-refractivity contribution >= 4 is 10.9 Å². The van der Waals surface area contributed by atoms with Crippen molar-refractivity contribution < 1.29 is 4.85 Å². The Labute approximate surface area is 90.2 Å². The predicted octanol–water partition coefficient (Wildman–Crippen LogP) is 0.653. The quantitative estimate of drug-likeness (QED) is 0.475. The average molecular weight is 213 g/mol. The van der Waals surface area contributed by atoms with Gasteiger partial charge in [-0.05, 0) is 12.1 Å². The van der Waals surface area contributed by atoms with E-state index in [2.05, 4.69) is 20.3 Å². The number of hydrogen-bond donors (Lipinski definition) is 1. The van der Waals surface area contributed by atoms with Gasteiger partial charge in [-0.3, -0.25) is 0 Å². The molecule has 0 amide bonds. The van der Waals surface area contributed by atoms with E-state index in [1.807, 2.05) is 12.1 Å². The summed E-state index contributed by atoms with van der Waals surface area (Å²) < 4.78 is 0. The number of fused-ring (bicyclic) bond motifs is 1. The maximum absolute atomic E-state index is 11.4. The molecule has 0 spiro atoms. The third-order valence-corrected chi connectivity index (χ3v) is 2.31. The number of nitrogens with zero attached hydrogens (tertiary/aromatic N) is 4. The van der Waals surface area contributed by atoms with Crippen molar-refractivity contribution in [3.63, 3.8) is 0 Å². The molecular formula is C10H7N5O. The SMILES string of the molecule is [O-][n+]1nnc(-c2ncc[nH]2)c2ccccc21. The van der Waals surface area contributed by atoms with E-state index in [4.69, 9.17) is 0 Å². The van der Waals surface area contributed by atoms with Gasteiger partial charge in [-0.1, -0.05) is 12.1 Å². The molecule has 2 heterocycles. The third kappa shape index (κ3) is 1.20. The summed E-state index contributed by atoms with van der Waals surface area (Å²) in [6.45, 7) is 0. The van der Waals surface area contributed by atoms with Crippen molar-refractivity contribution in [2.24, 2.45) is 0 Å². The zero-order valence-electron chi connectivity index (χ0n) is 8.16. The fourth-order valence-electron chi connectivity index (χ4n) is 1.60. The molecule has 6 nitrogen and oxygen atoms in total. The number of benzene rings is 1. The number of rotatable bonds is 1. The van der Waals surface area contributed by atoms with Gasteiger partial charge in [0.2, 0.25) is 0 Å². The highest BCUT2D eigenvalue weighted by Crippen LogP contribution is 2.19. The second kappa shape index (κ2) is 3.27. The lowest BCUT2D eigenvalue weighted by molar-refractivity contribution is -0.648. The molecule has 0 atom stereocenters. The molecule has 1 aromatic carbocycles. The Morgan fingerprint density at radius 3 is 2.94 bits per heavy atom. The van der Waals surface area contributed by atoms with E-state index in [0.29, 0.717) is 21.9 Å². The van der Waals surface area contributed by atoms with Crippen LogP contribution in [0.2, 0.25) is 0 Å². The molecular weight excluding hydrogens is 206 g/mol. The standard InChI is InChI=1S/C10H7N5O/c16-15-8-4-2-1-3-7(8)9(13-14-15)10-11-5-6-12-10/h1-6H,(H,11,12). The van der Waals surface area contributed by atoms with Crippen LogP contribution in [-0.2, 0) is 0 Å². The van der Waals surface area contributed by atoms with Crippen LogP contribution < -0.4 is 4.85 Å². The lowest BCUT2D eigenvalue weighted by Gasteiger charge is -2.02. The van der Waals surface area contributed by atoms with Crippen LogP contribution in [0.5, 0.6) is 0 Å². The van der Waals surface area contributed by atoms with Crippen LogP contribution in [-0.4, -0.2) is 20.3 Å². The topological polar surface area (TPSA) is 81.4 Å². The van der Waals surface area contributed by atoms with E-state index in [-0.39, 0.29) is 0 Å². The zero-order valence-corrected chi connectivity index (χ0v) is 8.16. The minimum absolute atomic E-state index is 0.476. The highest BCUT2D eigenvalue weighted by atomic mass is 16.5. The van der Waals surface area contributed by atoms with Gasteiger partial charge in [0, 0.05) is 12.4 Å². The number of para-hydroxylation sites is 1. The monoisotopic (exact) mass is 213 g/mol. The van der Waals surface area contributed by atoms with Gasteiger partial charge in [-0.2, -0.15) is 0 Å². The first-order valence-corrected chi connectivity index (χ1v) is 4.71. The van der Waals surface area contributed by atoms with E-state index in [1.54, 1.807) is 24.5 Å².